The highest BCUT2D eigenvalue weighted by molar-refractivity contribution is 6.30. The Labute approximate surface area is 121 Å². The van der Waals surface area contributed by atoms with Crippen molar-refractivity contribution in [2.45, 2.75) is 58.4 Å². The quantitative estimate of drug-likeness (QED) is 0.632. The second-order valence-electron chi connectivity index (χ2n) is 5.06. The fraction of sp³-hybridized carbons (Fsp3) is 0.625. The molecular formula is C16H25ClFN. The van der Waals surface area contributed by atoms with Crippen LogP contribution in [0.1, 0.15) is 51.5 Å². The van der Waals surface area contributed by atoms with Gasteiger partial charge in [-0.2, -0.15) is 0 Å². The van der Waals surface area contributed by atoms with Crippen LogP contribution in [0, 0.1) is 5.82 Å². The average molecular weight is 286 g/mol. The van der Waals surface area contributed by atoms with Gasteiger partial charge in [-0.3, -0.25) is 0 Å². The summed E-state index contributed by atoms with van der Waals surface area (Å²) in [5.74, 6) is -0.261. The number of hydrogen-bond donors (Lipinski definition) is 1. The van der Waals surface area contributed by atoms with Gasteiger partial charge in [-0.15, -0.1) is 0 Å². The molecule has 0 aliphatic heterocycles. The molecule has 0 bridgehead atoms. The highest BCUT2D eigenvalue weighted by atomic mass is 35.5. The van der Waals surface area contributed by atoms with Crippen LogP contribution in [0.2, 0.25) is 5.02 Å². The number of unbranched alkanes of at least 4 members (excludes halogenated alkanes) is 2. The maximum absolute atomic E-state index is 13.9. The number of rotatable bonds is 9. The SMILES string of the molecule is CCCCCC(Cc1cccc(Cl)c1F)NCCC. The summed E-state index contributed by atoms with van der Waals surface area (Å²) in [4.78, 5) is 0. The Morgan fingerprint density at radius 1 is 1.21 bits per heavy atom. The van der Waals surface area contributed by atoms with E-state index in [1.165, 1.54) is 19.3 Å². The molecule has 0 saturated carbocycles. The molecule has 1 unspecified atom stereocenters. The van der Waals surface area contributed by atoms with Gasteiger partial charge in [-0.25, -0.2) is 4.39 Å². The van der Waals surface area contributed by atoms with E-state index in [1.807, 2.05) is 12.1 Å². The van der Waals surface area contributed by atoms with E-state index in [-0.39, 0.29) is 10.8 Å². The molecule has 0 spiro atoms. The standard InChI is InChI=1S/C16H25ClFN/c1-3-5-6-9-14(19-11-4-2)12-13-8-7-10-15(17)16(13)18/h7-8,10,14,19H,3-6,9,11-12H2,1-2H3. The molecule has 3 heteroatoms. The van der Waals surface area contributed by atoms with Crippen molar-refractivity contribution < 1.29 is 4.39 Å². The molecule has 1 N–H and O–H groups in total. The molecule has 1 nitrogen and oxygen atoms in total. The molecule has 0 aromatic heterocycles. The van der Waals surface area contributed by atoms with Crippen molar-refractivity contribution in [2.75, 3.05) is 6.54 Å². The lowest BCUT2D eigenvalue weighted by atomic mass is 10.00. The van der Waals surface area contributed by atoms with Crippen molar-refractivity contribution in [1.29, 1.82) is 0 Å². The predicted octanol–water partition coefficient (Wildman–Crippen LogP) is 4.97. The largest absolute Gasteiger partial charge is 0.314 e. The average Bonchev–Trinajstić information content (AvgIpc) is 2.41. The first-order valence-electron chi connectivity index (χ1n) is 7.35. The third kappa shape index (κ3) is 5.92. The number of benzene rings is 1. The van der Waals surface area contributed by atoms with Crippen molar-refractivity contribution in [3.63, 3.8) is 0 Å². The summed E-state index contributed by atoms with van der Waals surface area (Å²) in [6, 6.07) is 5.61. The van der Waals surface area contributed by atoms with E-state index in [0.717, 1.165) is 31.4 Å². The van der Waals surface area contributed by atoms with E-state index in [1.54, 1.807) is 6.07 Å². The highest BCUT2D eigenvalue weighted by Crippen LogP contribution is 2.20. The van der Waals surface area contributed by atoms with Gasteiger partial charge in [0.1, 0.15) is 5.82 Å². The lowest BCUT2D eigenvalue weighted by Crippen LogP contribution is -2.32. The number of halogens is 2. The summed E-state index contributed by atoms with van der Waals surface area (Å²) < 4.78 is 13.9. The van der Waals surface area contributed by atoms with Crippen molar-refractivity contribution in [2.24, 2.45) is 0 Å². The first-order chi connectivity index (χ1) is 9.19. The van der Waals surface area contributed by atoms with Gasteiger partial charge in [-0.1, -0.05) is 56.8 Å². The molecule has 0 aliphatic rings. The second kappa shape index (κ2) is 9.33. The van der Waals surface area contributed by atoms with Crippen molar-refractivity contribution in [3.8, 4) is 0 Å². The zero-order chi connectivity index (χ0) is 14.1. The van der Waals surface area contributed by atoms with E-state index < -0.39 is 0 Å². The van der Waals surface area contributed by atoms with Crippen LogP contribution in [0.4, 0.5) is 4.39 Å². The molecule has 0 amide bonds. The van der Waals surface area contributed by atoms with Gasteiger partial charge in [0.2, 0.25) is 0 Å². The Morgan fingerprint density at radius 3 is 2.68 bits per heavy atom. The maximum Gasteiger partial charge on any atom is 0.145 e. The van der Waals surface area contributed by atoms with Gasteiger partial charge in [0.15, 0.2) is 0 Å². The van der Waals surface area contributed by atoms with Crippen LogP contribution in [0.3, 0.4) is 0 Å². The summed E-state index contributed by atoms with van der Waals surface area (Å²) in [5, 5.41) is 3.74. The van der Waals surface area contributed by atoms with Crippen LogP contribution < -0.4 is 5.32 Å². The van der Waals surface area contributed by atoms with Gasteiger partial charge in [0.05, 0.1) is 5.02 Å². The maximum atomic E-state index is 13.9. The van der Waals surface area contributed by atoms with Crippen molar-refractivity contribution in [1.82, 2.24) is 5.32 Å². The van der Waals surface area contributed by atoms with E-state index in [2.05, 4.69) is 19.2 Å². The van der Waals surface area contributed by atoms with Crippen LogP contribution in [0.25, 0.3) is 0 Å². The molecule has 0 radical (unpaired) electrons. The van der Waals surface area contributed by atoms with E-state index in [0.29, 0.717) is 6.04 Å². The molecule has 1 atom stereocenters. The van der Waals surface area contributed by atoms with Gasteiger partial charge in [0, 0.05) is 6.04 Å². The van der Waals surface area contributed by atoms with Crippen molar-refractivity contribution >= 4 is 11.6 Å². The molecule has 108 valence electrons. The molecule has 0 fully saturated rings. The minimum absolute atomic E-state index is 0.222. The molecular weight excluding hydrogens is 261 g/mol. The Balaban J connectivity index is 2.61. The third-order valence-corrected chi connectivity index (χ3v) is 3.63. The van der Waals surface area contributed by atoms with Gasteiger partial charge in [-0.05, 0) is 37.4 Å². The molecule has 0 heterocycles. The molecule has 1 rings (SSSR count). The topological polar surface area (TPSA) is 12.0 Å². The monoisotopic (exact) mass is 285 g/mol. The smallest absolute Gasteiger partial charge is 0.145 e. The zero-order valence-corrected chi connectivity index (χ0v) is 12.8. The summed E-state index contributed by atoms with van der Waals surface area (Å²) in [6.45, 7) is 5.33. The first-order valence-corrected chi connectivity index (χ1v) is 7.73. The minimum Gasteiger partial charge on any atom is -0.314 e. The van der Waals surface area contributed by atoms with Crippen LogP contribution in [-0.4, -0.2) is 12.6 Å². The van der Waals surface area contributed by atoms with Gasteiger partial charge in [0.25, 0.3) is 0 Å². The zero-order valence-electron chi connectivity index (χ0n) is 12.0. The number of hydrogen-bond acceptors (Lipinski definition) is 1. The molecule has 1 aromatic rings. The van der Waals surface area contributed by atoms with E-state index in [9.17, 15) is 4.39 Å². The summed E-state index contributed by atoms with van der Waals surface area (Å²) in [6.07, 6.45) is 6.56. The summed E-state index contributed by atoms with van der Waals surface area (Å²) >= 11 is 5.83. The van der Waals surface area contributed by atoms with Gasteiger partial charge >= 0.3 is 0 Å². The second-order valence-corrected chi connectivity index (χ2v) is 5.47. The lowest BCUT2D eigenvalue weighted by molar-refractivity contribution is 0.449. The fourth-order valence-corrected chi connectivity index (χ4v) is 2.43. The number of nitrogens with one attached hydrogen (secondary N) is 1. The highest BCUT2D eigenvalue weighted by Gasteiger charge is 2.13. The van der Waals surface area contributed by atoms with Crippen LogP contribution >= 0.6 is 11.6 Å². The van der Waals surface area contributed by atoms with Gasteiger partial charge < -0.3 is 5.32 Å². The Hall–Kier alpha value is -0.600. The van der Waals surface area contributed by atoms with Crippen LogP contribution in [0.15, 0.2) is 18.2 Å². The molecule has 19 heavy (non-hydrogen) atoms. The summed E-state index contributed by atoms with van der Waals surface area (Å²) in [7, 11) is 0. The predicted molar refractivity (Wildman–Crippen MR) is 81.3 cm³/mol. The van der Waals surface area contributed by atoms with E-state index >= 15 is 0 Å². The summed E-state index contributed by atoms with van der Waals surface area (Å²) in [5.41, 5.74) is 0.720. The lowest BCUT2D eigenvalue weighted by Gasteiger charge is -2.19. The Morgan fingerprint density at radius 2 is 2.00 bits per heavy atom. The Kier molecular flexibility index (Phi) is 8.08. The fourth-order valence-electron chi connectivity index (χ4n) is 2.24. The van der Waals surface area contributed by atoms with E-state index in [4.69, 9.17) is 11.6 Å². The molecule has 1 aromatic carbocycles. The van der Waals surface area contributed by atoms with Crippen molar-refractivity contribution in [3.05, 3.63) is 34.6 Å². The minimum atomic E-state index is -0.261. The molecule has 0 saturated heterocycles. The molecule has 0 aliphatic carbocycles. The first kappa shape index (κ1) is 16.5. The van der Waals surface area contributed by atoms with Crippen LogP contribution in [-0.2, 0) is 6.42 Å². The van der Waals surface area contributed by atoms with Crippen LogP contribution in [0.5, 0.6) is 0 Å². The normalized spacial score (nSPS) is 12.6. The third-order valence-electron chi connectivity index (χ3n) is 3.34. The Bertz CT molecular complexity index is 368.